The van der Waals surface area contributed by atoms with E-state index in [1.54, 1.807) is 18.2 Å². The Kier molecular flexibility index (Phi) is 5.33. The van der Waals surface area contributed by atoms with Crippen molar-refractivity contribution in [2.75, 3.05) is 11.9 Å². The number of nitrogens with one attached hydrogen (secondary N) is 1. The number of benzene rings is 1. The van der Waals surface area contributed by atoms with Crippen LogP contribution in [0.4, 0.5) is 15.9 Å². The summed E-state index contributed by atoms with van der Waals surface area (Å²) in [5.41, 5.74) is 3.23. The lowest BCUT2D eigenvalue weighted by Crippen LogP contribution is -2.35. The molecule has 1 aliphatic rings. The second-order valence-corrected chi connectivity index (χ2v) is 7.36. The molecule has 1 aliphatic heterocycles. The Balaban J connectivity index is 1.37. The van der Waals surface area contributed by atoms with Gasteiger partial charge < -0.3 is 14.7 Å². The van der Waals surface area contributed by atoms with Crippen molar-refractivity contribution in [3.8, 4) is 0 Å². The van der Waals surface area contributed by atoms with Gasteiger partial charge in [-0.2, -0.15) is 5.10 Å². The molecule has 1 aromatic carbocycles. The van der Waals surface area contributed by atoms with Gasteiger partial charge in [-0.05, 0) is 38.5 Å². The number of fused-ring (bicyclic) bond motifs is 1. The van der Waals surface area contributed by atoms with Gasteiger partial charge in [0, 0.05) is 31.6 Å². The molecular weight excluding hydrogens is 373 g/mol. The molecule has 1 N–H and O–H groups in total. The maximum absolute atomic E-state index is 13.9. The highest BCUT2D eigenvalue weighted by molar-refractivity contribution is 5.77. The van der Waals surface area contributed by atoms with Gasteiger partial charge in [-0.3, -0.25) is 9.48 Å². The van der Waals surface area contributed by atoms with E-state index in [4.69, 9.17) is 4.52 Å². The van der Waals surface area contributed by atoms with Crippen molar-refractivity contribution in [1.29, 1.82) is 0 Å². The lowest BCUT2D eigenvalue weighted by molar-refractivity contribution is -0.132. The fourth-order valence-electron chi connectivity index (χ4n) is 3.65. The molecule has 0 saturated carbocycles. The summed E-state index contributed by atoms with van der Waals surface area (Å²) < 4.78 is 21.3. The zero-order chi connectivity index (χ0) is 20.4. The maximum Gasteiger partial charge on any atom is 0.222 e. The molecule has 8 heteroatoms. The minimum absolute atomic E-state index is 0.0928. The fraction of sp³-hybridized carbons (Fsp3) is 0.381. The zero-order valence-corrected chi connectivity index (χ0v) is 16.6. The molecule has 1 amide bonds. The van der Waals surface area contributed by atoms with Crippen molar-refractivity contribution in [1.82, 2.24) is 19.8 Å². The third kappa shape index (κ3) is 4.16. The highest BCUT2D eigenvalue weighted by Crippen LogP contribution is 2.29. The lowest BCUT2D eigenvalue weighted by atomic mass is 10.1. The topological polar surface area (TPSA) is 76.2 Å². The van der Waals surface area contributed by atoms with Gasteiger partial charge in [0.2, 0.25) is 5.91 Å². The summed E-state index contributed by atoms with van der Waals surface area (Å²) in [6.07, 6.45) is 1.79. The molecule has 2 aromatic heterocycles. The molecule has 0 aliphatic carbocycles. The van der Waals surface area contributed by atoms with Gasteiger partial charge >= 0.3 is 0 Å². The maximum atomic E-state index is 13.9. The van der Waals surface area contributed by atoms with Crippen LogP contribution in [0.5, 0.6) is 0 Å². The number of hydrogen-bond acceptors (Lipinski definition) is 5. The standard InChI is InChI=1S/C21H24FN5O2/c1-14-12-15(2)27(24-14)10-5-8-20(28)26-11-9-19-16(13-26)21(25-29-19)23-18-7-4-3-6-17(18)22/h3-4,6-7,12H,5,8-11,13H2,1-2H3,(H,23,25). The number of carbonyl (C=O) groups excluding carboxylic acids is 1. The van der Waals surface area contributed by atoms with Crippen LogP contribution < -0.4 is 5.32 Å². The van der Waals surface area contributed by atoms with E-state index in [2.05, 4.69) is 15.6 Å². The molecule has 3 aromatic rings. The summed E-state index contributed by atoms with van der Waals surface area (Å²) in [5, 5.41) is 11.5. The molecule has 0 fully saturated rings. The third-order valence-corrected chi connectivity index (χ3v) is 5.17. The molecule has 0 radical (unpaired) electrons. The minimum atomic E-state index is -0.364. The number of amides is 1. The third-order valence-electron chi connectivity index (χ3n) is 5.17. The van der Waals surface area contributed by atoms with Crippen LogP contribution in [0.15, 0.2) is 34.9 Å². The predicted molar refractivity (Wildman–Crippen MR) is 106 cm³/mol. The van der Waals surface area contributed by atoms with Crippen LogP contribution in [0.1, 0.15) is 35.6 Å². The summed E-state index contributed by atoms with van der Waals surface area (Å²) in [5.74, 6) is 0.938. The second kappa shape index (κ2) is 8.06. The Hall–Kier alpha value is -3.16. The van der Waals surface area contributed by atoms with Crippen molar-refractivity contribution < 1.29 is 13.7 Å². The Morgan fingerprint density at radius 1 is 1.31 bits per heavy atom. The summed E-state index contributed by atoms with van der Waals surface area (Å²) in [4.78, 5) is 14.5. The van der Waals surface area contributed by atoms with E-state index in [1.165, 1.54) is 6.07 Å². The first-order valence-corrected chi connectivity index (χ1v) is 9.79. The van der Waals surface area contributed by atoms with E-state index in [1.807, 2.05) is 29.5 Å². The van der Waals surface area contributed by atoms with E-state index < -0.39 is 0 Å². The number of halogens is 1. The predicted octanol–water partition coefficient (Wildman–Crippen LogP) is 3.74. The second-order valence-electron chi connectivity index (χ2n) is 7.36. The number of aryl methyl sites for hydroxylation is 3. The Morgan fingerprint density at radius 3 is 2.90 bits per heavy atom. The summed E-state index contributed by atoms with van der Waals surface area (Å²) in [6, 6.07) is 8.43. The number of hydrogen-bond donors (Lipinski definition) is 1. The van der Waals surface area contributed by atoms with Crippen LogP contribution >= 0.6 is 0 Å². The smallest absolute Gasteiger partial charge is 0.222 e. The summed E-state index contributed by atoms with van der Waals surface area (Å²) >= 11 is 0. The first kappa shape index (κ1) is 19.2. The molecule has 0 spiro atoms. The van der Waals surface area contributed by atoms with Crippen molar-refractivity contribution >= 4 is 17.4 Å². The van der Waals surface area contributed by atoms with Crippen molar-refractivity contribution in [3.05, 3.63) is 58.9 Å². The van der Waals surface area contributed by atoms with Crippen molar-refractivity contribution in [3.63, 3.8) is 0 Å². The van der Waals surface area contributed by atoms with E-state index >= 15 is 0 Å². The van der Waals surface area contributed by atoms with Gasteiger partial charge in [0.25, 0.3) is 0 Å². The number of rotatable bonds is 6. The number of para-hydroxylation sites is 1. The zero-order valence-electron chi connectivity index (χ0n) is 16.6. The van der Waals surface area contributed by atoms with Gasteiger partial charge in [0.15, 0.2) is 5.82 Å². The van der Waals surface area contributed by atoms with E-state index in [0.717, 1.165) is 35.7 Å². The highest BCUT2D eigenvalue weighted by Gasteiger charge is 2.27. The number of anilines is 2. The van der Waals surface area contributed by atoms with Gasteiger partial charge in [-0.15, -0.1) is 0 Å². The van der Waals surface area contributed by atoms with Crippen LogP contribution in [-0.4, -0.2) is 32.3 Å². The summed E-state index contributed by atoms with van der Waals surface area (Å²) in [7, 11) is 0. The molecule has 3 heterocycles. The van der Waals surface area contributed by atoms with E-state index in [-0.39, 0.29) is 11.7 Å². The van der Waals surface area contributed by atoms with Gasteiger partial charge in [0.1, 0.15) is 11.6 Å². The van der Waals surface area contributed by atoms with Crippen LogP contribution in [0.25, 0.3) is 0 Å². The molecule has 0 atom stereocenters. The normalized spacial score (nSPS) is 13.4. The highest BCUT2D eigenvalue weighted by atomic mass is 19.1. The Morgan fingerprint density at radius 2 is 2.14 bits per heavy atom. The average molecular weight is 397 g/mol. The number of carbonyl (C=O) groups is 1. The first-order chi connectivity index (χ1) is 14.0. The van der Waals surface area contributed by atoms with Crippen molar-refractivity contribution in [2.24, 2.45) is 0 Å². The molecule has 7 nitrogen and oxygen atoms in total. The first-order valence-electron chi connectivity index (χ1n) is 9.79. The molecule has 0 bridgehead atoms. The molecular formula is C21H24FN5O2. The Bertz CT molecular complexity index is 1030. The van der Waals surface area contributed by atoms with Crippen molar-refractivity contribution in [2.45, 2.75) is 46.2 Å². The largest absolute Gasteiger partial charge is 0.359 e. The fourth-order valence-corrected chi connectivity index (χ4v) is 3.65. The number of nitrogens with zero attached hydrogens (tertiary/aromatic N) is 4. The van der Waals surface area contributed by atoms with Crippen LogP contribution in [-0.2, 0) is 24.3 Å². The lowest BCUT2D eigenvalue weighted by Gasteiger charge is -2.26. The van der Waals surface area contributed by atoms with Gasteiger partial charge in [-0.25, -0.2) is 4.39 Å². The molecule has 0 unspecified atom stereocenters. The van der Waals surface area contributed by atoms with Crippen LogP contribution in [0, 0.1) is 19.7 Å². The molecule has 152 valence electrons. The molecule has 4 rings (SSSR count). The SMILES string of the molecule is Cc1cc(C)n(CCCC(=O)N2CCc3onc(Nc4ccccc4F)c3C2)n1. The van der Waals surface area contributed by atoms with Crippen LogP contribution in [0.3, 0.4) is 0 Å². The summed E-state index contributed by atoms with van der Waals surface area (Å²) in [6.45, 7) is 5.71. The minimum Gasteiger partial charge on any atom is -0.359 e. The van der Waals surface area contributed by atoms with Crippen LogP contribution in [0.2, 0.25) is 0 Å². The van der Waals surface area contributed by atoms with E-state index in [9.17, 15) is 9.18 Å². The van der Waals surface area contributed by atoms with E-state index in [0.29, 0.717) is 37.4 Å². The average Bonchev–Trinajstić information content (AvgIpc) is 3.25. The quantitative estimate of drug-likeness (QED) is 0.686. The monoisotopic (exact) mass is 397 g/mol. The molecule has 29 heavy (non-hydrogen) atoms. The Labute approximate surface area is 168 Å². The number of aromatic nitrogens is 3. The van der Waals surface area contributed by atoms with Gasteiger partial charge in [-0.1, -0.05) is 17.3 Å². The molecule has 0 saturated heterocycles. The van der Waals surface area contributed by atoms with Gasteiger partial charge in [0.05, 0.1) is 23.5 Å².